The van der Waals surface area contributed by atoms with Crippen LogP contribution in [0.5, 0.6) is 0 Å². The molecule has 38 heavy (non-hydrogen) atoms. The minimum Gasteiger partial charge on any atom is -0.255 e. The Bertz CT molecular complexity index is 1590. The molecule has 0 saturated heterocycles. The van der Waals surface area contributed by atoms with Crippen molar-refractivity contribution in [3.05, 3.63) is 144 Å². The highest BCUT2D eigenvalue weighted by Gasteiger charge is 1.96. The highest BCUT2D eigenvalue weighted by molar-refractivity contribution is 5.87. The molecule has 0 radical (unpaired) electrons. The molecule has 4 nitrogen and oxygen atoms in total. The summed E-state index contributed by atoms with van der Waals surface area (Å²) in [6.07, 6.45) is 3.61. The van der Waals surface area contributed by atoms with Crippen molar-refractivity contribution in [1.82, 2.24) is 9.97 Å². The van der Waals surface area contributed by atoms with Crippen LogP contribution in [0.15, 0.2) is 131 Å². The molecule has 0 N–H and O–H groups in total. The second kappa shape index (κ2) is 11.8. The molecule has 6 aromatic rings. The van der Waals surface area contributed by atoms with Gasteiger partial charge in [0.25, 0.3) is 0 Å². The Labute approximate surface area is 223 Å². The van der Waals surface area contributed by atoms with Crippen LogP contribution in [0.2, 0.25) is 0 Å². The monoisotopic (exact) mass is 492 g/mol. The maximum Gasteiger partial charge on any atom is 0.0820 e. The van der Waals surface area contributed by atoms with Gasteiger partial charge in [-0.3, -0.25) is 9.98 Å². The van der Waals surface area contributed by atoms with E-state index in [9.17, 15) is 0 Å². The Balaban J connectivity index is 0.000000155. The van der Waals surface area contributed by atoms with E-state index in [0.717, 1.165) is 44.6 Å². The van der Waals surface area contributed by atoms with Crippen LogP contribution in [0.25, 0.3) is 21.8 Å². The highest BCUT2D eigenvalue weighted by Crippen LogP contribution is 2.15. The second-order valence-corrected chi connectivity index (χ2v) is 9.05. The van der Waals surface area contributed by atoms with Crippen LogP contribution in [-0.4, -0.2) is 22.4 Å². The van der Waals surface area contributed by atoms with E-state index in [2.05, 4.69) is 82.3 Å². The normalized spacial score (nSPS) is 11.2. The first kappa shape index (κ1) is 24.7. The quantitative estimate of drug-likeness (QED) is 0.231. The molecule has 0 aliphatic rings. The molecule has 0 aliphatic carbocycles. The van der Waals surface area contributed by atoms with Gasteiger partial charge in [-0.15, -0.1) is 0 Å². The van der Waals surface area contributed by atoms with E-state index in [4.69, 9.17) is 0 Å². The Kier molecular flexibility index (Phi) is 7.71. The number of nitrogens with zero attached hydrogens (tertiary/aromatic N) is 4. The van der Waals surface area contributed by atoms with Gasteiger partial charge in [-0.25, -0.2) is 9.97 Å². The molecule has 0 amide bonds. The summed E-state index contributed by atoms with van der Waals surface area (Å²) < 4.78 is 0. The number of para-hydroxylation sites is 2. The number of aliphatic imine (C=N–C) groups is 2. The van der Waals surface area contributed by atoms with Gasteiger partial charge in [-0.2, -0.15) is 0 Å². The summed E-state index contributed by atoms with van der Waals surface area (Å²) in [7, 11) is 0. The molecule has 0 unspecified atom stereocenters. The van der Waals surface area contributed by atoms with E-state index in [0.29, 0.717) is 0 Å². The average molecular weight is 493 g/mol. The lowest BCUT2D eigenvalue weighted by Gasteiger charge is -1.98. The Morgan fingerprint density at radius 3 is 1.26 bits per heavy atom. The van der Waals surface area contributed by atoms with Gasteiger partial charge in [0, 0.05) is 10.8 Å². The molecule has 0 fully saturated rings. The molecule has 0 aliphatic heterocycles. The zero-order valence-electron chi connectivity index (χ0n) is 21.5. The topological polar surface area (TPSA) is 50.5 Å². The van der Waals surface area contributed by atoms with Crippen LogP contribution in [-0.2, 0) is 0 Å². The van der Waals surface area contributed by atoms with Crippen molar-refractivity contribution in [2.24, 2.45) is 9.98 Å². The van der Waals surface area contributed by atoms with Gasteiger partial charge < -0.3 is 0 Å². The van der Waals surface area contributed by atoms with Gasteiger partial charge in [0.05, 0.1) is 46.2 Å². The molecule has 2 heterocycles. The SMILES string of the molecule is Cc1ccc(N=Cc2ccc3ccccc3n2)cc1.Cc1ccc(N=Cc2ccc3ccccc3n2)cc1. The van der Waals surface area contributed by atoms with Crippen molar-refractivity contribution in [2.45, 2.75) is 13.8 Å². The first-order valence-corrected chi connectivity index (χ1v) is 12.6. The van der Waals surface area contributed by atoms with Gasteiger partial charge in [0.1, 0.15) is 0 Å². The highest BCUT2D eigenvalue weighted by atomic mass is 14.8. The molecule has 0 atom stereocenters. The van der Waals surface area contributed by atoms with E-state index < -0.39 is 0 Å². The van der Waals surface area contributed by atoms with Crippen LogP contribution in [0.3, 0.4) is 0 Å². The third-order valence-electron chi connectivity index (χ3n) is 6.00. The summed E-state index contributed by atoms with van der Waals surface area (Å²) in [5, 5.41) is 2.30. The summed E-state index contributed by atoms with van der Waals surface area (Å²) in [4.78, 5) is 18.0. The summed E-state index contributed by atoms with van der Waals surface area (Å²) in [5.74, 6) is 0. The summed E-state index contributed by atoms with van der Waals surface area (Å²) >= 11 is 0. The molecule has 2 aromatic heterocycles. The summed E-state index contributed by atoms with van der Waals surface area (Å²) in [6, 6.07) is 40.5. The Morgan fingerprint density at radius 2 is 0.842 bits per heavy atom. The summed E-state index contributed by atoms with van der Waals surface area (Å²) in [5.41, 5.74) is 8.11. The number of rotatable bonds is 4. The molecule has 6 rings (SSSR count). The van der Waals surface area contributed by atoms with Gasteiger partial charge >= 0.3 is 0 Å². The first-order chi connectivity index (χ1) is 18.6. The van der Waals surface area contributed by atoms with E-state index in [-0.39, 0.29) is 0 Å². The minimum absolute atomic E-state index is 0.874. The molecule has 4 aromatic carbocycles. The maximum absolute atomic E-state index is 4.56. The maximum atomic E-state index is 4.56. The Morgan fingerprint density at radius 1 is 0.447 bits per heavy atom. The van der Waals surface area contributed by atoms with E-state index in [1.165, 1.54) is 11.1 Å². The Hall–Kier alpha value is -4.96. The van der Waals surface area contributed by atoms with Gasteiger partial charge in [0.15, 0.2) is 0 Å². The minimum atomic E-state index is 0.874. The molecule has 0 spiro atoms. The number of hydrogen-bond donors (Lipinski definition) is 0. The van der Waals surface area contributed by atoms with Crippen molar-refractivity contribution >= 4 is 45.6 Å². The van der Waals surface area contributed by atoms with Crippen molar-refractivity contribution in [2.75, 3.05) is 0 Å². The fourth-order valence-corrected chi connectivity index (χ4v) is 3.85. The fraction of sp³-hybridized carbons (Fsp3) is 0.0588. The molecular formula is C34H28N4. The smallest absolute Gasteiger partial charge is 0.0820 e. The predicted molar refractivity (Wildman–Crippen MR) is 160 cm³/mol. The third kappa shape index (κ3) is 6.62. The van der Waals surface area contributed by atoms with Crippen LogP contribution >= 0.6 is 0 Å². The molecule has 4 heteroatoms. The lowest BCUT2D eigenvalue weighted by Crippen LogP contribution is -1.87. The van der Waals surface area contributed by atoms with Crippen LogP contribution in [0, 0.1) is 13.8 Å². The predicted octanol–water partition coefficient (Wildman–Crippen LogP) is 8.59. The van der Waals surface area contributed by atoms with Crippen molar-refractivity contribution < 1.29 is 0 Å². The van der Waals surface area contributed by atoms with Crippen LogP contribution < -0.4 is 0 Å². The lowest BCUT2D eigenvalue weighted by molar-refractivity contribution is 1.37. The largest absolute Gasteiger partial charge is 0.255 e. The van der Waals surface area contributed by atoms with Gasteiger partial charge in [-0.05, 0) is 62.4 Å². The van der Waals surface area contributed by atoms with Crippen LogP contribution in [0.4, 0.5) is 11.4 Å². The standard InChI is InChI=1S/2C17H14N2/c2*1-13-6-9-15(10-7-13)18-12-16-11-8-14-4-2-3-5-17(14)19-16/h2*2-12H,1H3. The zero-order valence-corrected chi connectivity index (χ0v) is 21.5. The third-order valence-corrected chi connectivity index (χ3v) is 6.00. The molecular weight excluding hydrogens is 464 g/mol. The number of fused-ring (bicyclic) bond motifs is 2. The molecule has 0 bridgehead atoms. The summed E-state index contributed by atoms with van der Waals surface area (Å²) in [6.45, 7) is 4.14. The molecule has 184 valence electrons. The van der Waals surface area contributed by atoms with Crippen molar-refractivity contribution in [3.63, 3.8) is 0 Å². The van der Waals surface area contributed by atoms with Gasteiger partial charge in [-0.1, -0.05) is 83.9 Å². The first-order valence-electron chi connectivity index (χ1n) is 12.6. The second-order valence-electron chi connectivity index (χ2n) is 9.05. The van der Waals surface area contributed by atoms with E-state index in [1.807, 2.05) is 72.8 Å². The molecule has 0 saturated carbocycles. The van der Waals surface area contributed by atoms with Crippen molar-refractivity contribution in [3.8, 4) is 0 Å². The van der Waals surface area contributed by atoms with Crippen molar-refractivity contribution in [1.29, 1.82) is 0 Å². The van der Waals surface area contributed by atoms with Gasteiger partial charge in [0.2, 0.25) is 0 Å². The number of aromatic nitrogens is 2. The van der Waals surface area contributed by atoms with E-state index in [1.54, 1.807) is 12.4 Å². The number of hydrogen-bond acceptors (Lipinski definition) is 4. The number of aryl methyl sites for hydroxylation is 2. The van der Waals surface area contributed by atoms with E-state index >= 15 is 0 Å². The number of pyridine rings is 2. The lowest BCUT2D eigenvalue weighted by atomic mass is 10.2. The van der Waals surface area contributed by atoms with Crippen LogP contribution in [0.1, 0.15) is 22.5 Å². The number of benzene rings is 4. The average Bonchev–Trinajstić information content (AvgIpc) is 2.97. The zero-order chi connectivity index (χ0) is 26.2. The fourth-order valence-electron chi connectivity index (χ4n) is 3.85.